The zero-order chi connectivity index (χ0) is 11.0. The molecule has 0 rings (SSSR count). The minimum Gasteiger partial charge on any atom is -0.383 e. The number of rotatable bonds is 6. The molecule has 2 atom stereocenters. The molecule has 6 heteroatoms. The number of thiocarbonyl (C=S) groups is 1. The van der Waals surface area contributed by atoms with Gasteiger partial charge in [-0.2, -0.15) is 0 Å². The highest BCUT2D eigenvalue weighted by Gasteiger charge is 2.04. The Balaban J connectivity index is 3.55. The maximum absolute atomic E-state index is 10.9. The molecule has 0 spiro atoms. The van der Waals surface area contributed by atoms with Crippen molar-refractivity contribution in [1.29, 1.82) is 0 Å². The van der Waals surface area contributed by atoms with E-state index in [1.807, 2.05) is 6.92 Å². The van der Waals surface area contributed by atoms with E-state index in [4.69, 9.17) is 17.0 Å². The molecule has 4 nitrogen and oxygen atoms in total. The summed E-state index contributed by atoms with van der Waals surface area (Å²) >= 11 is 5.02. The summed E-state index contributed by atoms with van der Waals surface area (Å²) < 4.78 is 15.7. The molecule has 2 N–H and O–H groups in total. The van der Waals surface area contributed by atoms with Crippen LogP contribution in [0.15, 0.2) is 0 Å². The van der Waals surface area contributed by atoms with Crippen molar-refractivity contribution in [3.8, 4) is 0 Å². The molecule has 84 valence electrons. The monoisotopic (exact) mass is 238 g/mol. The van der Waals surface area contributed by atoms with Crippen LogP contribution in [0.4, 0.5) is 0 Å². The molecule has 0 aromatic heterocycles. The third-order valence-corrected chi connectivity index (χ3v) is 2.69. The molecular weight excluding hydrogens is 220 g/mol. The first-order valence-corrected chi connectivity index (χ1v) is 6.53. The van der Waals surface area contributed by atoms with Gasteiger partial charge in [0.25, 0.3) is 0 Å². The zero-order valence-electron chi connectivity index (χ0n) is 8.83. The fourth-order valence-electron chi connectivity index (χ4n) is 0.935. The van der Waals surface area contributed by atoms with E-state index in [2.05, 4.69) is 10.6 Å². The van der Waals surface area contributed by atoms with Crippen LogP contribution in [-0.4, -0.2) is 47.6 Å². The Hall–Kier alpha value is -0.200. The maximum Gasteiger partial charge on any atom is 0.166 e. The number of nitrogens with one attached hydrogen (secondary N) is 2. The lowest BCUT2D eigenvalue weighted by atomic mass is 10.4. The van der Waals surface area contributed by atoms with E-state index in [0.717, 1.165) is 0 Å². The number of hydrogen-bond acceptors (Lipinski definition) is 3. The predicted molar refractivity (Wildman–Crippen MR) is 64.0 cm³/mol. The lowest BCUT2D eigenvalue weighted by Gasteiger charge is -2.15. The van der Waals surface area contributed by atoms with Crippen molar-refractivity contribution in [3.63, 3.8) is 0 Å². The fraction of sp³-hybridized carbons (Fsp3) is 0.875. The minimum absolute atomic E-state index is 0.128. The Morgan fingerprint density at radius 3 is 2.79 bits per heavy atom. The van der Waals surface area contributed by atoms with Crippen molar-refractivity contribution in [2.75, 3.05) is 32.3 Å². The fourth-order valence-corrected chi connectivity index (χ4v) is 2.03. The van der Waals surface area contributed by atoms with Gasteiger partial charge < -0.3 is 15.4 Å². The average Bonchev–Trinajstić information content (AvgIpc) is 2.02. The van der Waals surface area contributed by atoms with Crippen LogP contribution >= 0.6 is 12.2 Å². The van der Waals surface area contributed by atoms with E-state index in [1.165, 1.54) is 0 Å². The molecule has 0 heterocycles. The number of ether oxygens (including phenoxy) is 1. The topological polar surface area (TPSA) is 50.4 Å². The molecule has 0 aromatic rings. The Kier molecular flexibility index (Phi) is 8.02. The van der Waals surface area contributed by atoms with E-state index in [0.29, 0.717) is 24.0 Å². The number of hydrogen-bond donors (Lipinski definition) is 2. The van der Waals surface area contributed by atoms with Gasteiger partial charge in [-0.3, -0.25) is 4.21 Å². The van der Waals surface area contributed by atoms with E-state index in [9.17, 15) is 4.21 Å². The highest BCUT2D eigenvalue weighted by atomic mass is 32.2. The first kappa shape index (κ1) is 13.8. The molecule has 0 aliphatic rings. The van der Waals surface area contributed by atoms with Gasteiger partial charge >= 0.3 is 0 Å². The molecule has 2 unspecified atom stereocenters. The second-order valence-electron chi connectivity index (χ2n) is 3.03. The third kappa shape index (κ3) is 8.40. The van der Waals surface area contributed by atoms with Gasteiger partial charge in [-0.25, -0.2) is 0 Å². The molecule has 0 saturated carbocycles. The van der Waals surface area contributed by atoms with Crippen molar-refractivity contribution in [2.24, 2.45) is 0 Å². The zero-order valence-corrected chi connectivity index (χ0v) is 10.5. The van der Waals surface area contributed by atoms with Gasteiger partial charge in [-0.15, -0.1) is 0 Å². The van der Waals surface area contributed by atoms with Gasteiger partial charge in [-0.05, 0) is 19.1 Å². The molecule has 0 radical (unpaired) electrons. The van der Waals surface area contributed by atoms with Crippen molar-refractivity contribution in [2.45, 2.75) is 13.0 Å². The van der Waals surface area contributed by atoms with Crippen LogP contribution in [0.5, 0.6) is 0 Å². The summed E-state index contributed by atoms with van der Waals surface area (Å²) in [6.07, 6.45) is 1.68. The summed E-state index contributed by atoms with van der Waals surface area (Å²) in [5.41, 5.74) is 0. The van der Waals surface area contributed by atoms with E-state index >= 15 is 0 Å². The summed E-state index contributed by atoms with van der Waals surface area (Å²) in [6.45, 7) is 3.26. The third-order valence-electron chi connectivity index (χ3n) is 1.45. The Morgan fingerprint density at radius 1 is 1.64 bits per heavy atom. The molecule has 0 aromatic carbocycles. The minimum atomic E-state index is -0.794. The van der Waals surface area contributed by atoms with Crippen LogP contribution in [0.25, 0.3) is 0 Å². The first-order valence-electron chi connectivity index (χ1n) is 4.39. The van der Waals surface area contributed by atoms with Crippen LogP contribution < -0.4 is 10.6 Å². The second kappa shape index (κ2) is 8.14. The summed E-state index contributed by atoms with van der Waals surface area (Å²) in [5.74, 6) is 0.603. The molecule has 0 amide bonds. The van der Waals surface area contributed by atoms with Crippen molar-refractivity contribution >= 4 is 28.1 Å². The van der Waals surface area contributed by atoms with Crippen LogP contribution in [0.3, 0.4) is 0 Å². The molecule has 0 bridgehead atoms. The average molecular weight is 238 g/mol. The first-order chi connectivity index (χ1) is 6.56. The Bertz CT molecular complexity index is 200. The lowest BCUT2D eigenvalue weighted by Crippen LogP contribution is -2.43. The second-order valence-corrected chi connectivity index (χ2v) is 4.92. The Morgan fingerprint density at radius 2 is 2.29 bits per heavy atom. The molecule has 14 heavy (non-hydrogen) atoms. The summed E-state index contributed by atoms with van der Waals surface area (Å²) in [6, 6.07) is 0.128. The molecule has 0 aliphatic heterocycles. The largest absolute Gasteiger partial charge is 0.383 e. The Labute approximate surface area is 93.2 Å². The summed E-state index contributed by atoms with van der Waals surface area (Å²) in [7, 11) is 0.846. The summed E-state index contributed by atoms with van der Waals surface area (Å²) in [5, 5.41) is 6.61. The van der Waals surface area contributed by atoms with Gasteiger partial charge in [0.1, 0.15) is 0 Å². The van der Waals surface area contributed by atoms with Crippen molar-refractivity contribution in [1.82, 2.24) is 10.6 Å². The van der Waals surface area contributed by atoms with E-state index in [1.54, 1.807) is 13.4 Å². The van der Waals surface area contributed by atoms with Crippen molar-refractivity contribution < 1.29 is 8.95 Å². The SMILES string of the molecule is COCCNC(=S)NC(C)CS(C)=O. The van der Waals surface area contributed by atoms with E-state index in [-0.39, 0.29) is 6.04 Å². The predicted octanol–water partition coefficient (Wildman–Crippen LogP) is -0.136. The van der Waals surface area contributed by atoms with Gasteiger partial charge in [0, 0.05) is 42.5 Å². The molecular formula is C8H18N2O2S2. The molecule has 0 saturated heterocycles. The van der Waals surface area contributed by atoms with Gasteiger partial charge in [-0.1, -0.05) is 0 Å². The standard InChI is InChI=1S/C8H18N2O2S2/c1-7(6-14(3)11)10-8(13)9-4-5-12-2/h7H,4-6H2,1-3H3,(H2,9,10,13). The van der Waals surface area contributed by atoms with Crippen LogP contribution in [0.1, 0.15) is 6.92 Å². The van der Waals surface area contributed by atoms with Crippen LogP contribution in [0, 0.1) is 0 Å². The quantitative estimate of drug-likeness (QED) is 0.498. The normalized spacial score (nSPS) is 14.5. The highest BCUT2D eigenvalue weighted by Crippen LogP contribution is 1.85. The van der Waals surface area contributed by atoms with Crippen molar-refractivity contribution in [3.05, 3.63) is 0 Å². The molecule has 0 fully saturated rings. The van der Waals surface area contributed by atoms with Crippen LogP contribution in [0.2, 0.25) is 0 Å². The lowest BCUT2D eigenvalue weighted by molar-refractivity contribution is 0.204. The van der Waals surface area contributed by atoms with Crippen LogP contribution in [-0.2, 0) is 15.5 Å². The highest BCUT2D eigenvalue weighted by molar-refractivity contribution is 7.84. The maximum atomic E-state index is 10.9. The molecule has 0 aliphatic carbocycles. The van der Waals surface area contributed by atoms with Gasteiger partial charge in [0.05, 0.1) is 6.61 Å². The van der Waals surface area contributed by atoms with Gasteiger partial charge in [0.15, 0.2) is 5.11 Å². The van der Waals surface area contributed by atoms with Gasteiger partial charge in [0.2, 0.25) is 0 Å². The van der Waals surface area contributed by atoms with E-state index < -0.39 is 10.8 Å². The number of methoxy groups -OCH3 is 1. The summed E-state index contributed by atoms with van der Waals surface area (Å²) in [4.78, 5) is 0. The smallest absolute Gasteiger partial charge is 0.166 e.